The van der Waals surface area contributed by atoms with E-state index < -0.39 is 12.6 Å². The van der Waals surface area contributed by atoms with Crippen molar-refractivity contribution in [2.24, 2.45) is 5.92 Å². The maximum Gasteiger partial charge on any atom is 0.389 e. The molecule has 0 rings (SSSR count). The van der Waals surface area contributed by atoms with Crippen LogP contribution in [-0.4, -0.2) is 19.8 Å². The van der Waals surface area contributed by atoms with Crippen molar-refractivity contribution in [3.8, 4) is 0 Å². The van der Waals surface area contributed by atoms with Crippen LogP contribution < -0.4 is 5.32 Å². The van der Waals surface area contributed by atoms with Gasteiger partial charge >= 0.3 is 6.18 Å². The third-order valence-electron chi connectivity index (χ3n) is 1.47. The van der Waals surface area contributed by atoms with Crippen molar-refractivity contribution in [1.82, 2.24) is 5.32 Å². The molecule has 0 aromatic rings. The molecule has 0 heterocycles. The molecule has 0 saturated carbocycles. The first-order valence-corrected chi connectivity index (χ1v) is 3.67. The van der Waals surface area contributed by atoms with Gasteiger partial charge in [-0.25, -0.2) is 0 Å². The molecular formula is C7H14F3N. The molecule has 1 N–H and O–H groups in total. The first-order valence-electron chi connectivity index (χ1n) is 3.67. The molecule has 0 aliphatic heterocycles. The summed E-state index contributed by atoms with van der Waals surface area (Å²) < 4.78 is 34.9. The Labute approximate surface area is 65.0 Å². The quantitative estimate of drug-likeness (QED) is 0.680. The second kappa shape index (κ2) is 4.59. The van der Waals surface area contributed by atoms with Crippen LogP contribution in [0.25, 0.3) is 0 Å². The molecule has 4 heteroatoms. The molecular weight excluding hydrogens is 155 g/mol. The van der Waals surface area contributed by atoms with Crippen LogP contribution in [-0.2, 0) is 0 Å². The summed E-state index contributed by atoms with van der Waals surface area (Å²) in [5.74, 6) is 0.0987. The van der Waals surface area contributed by atoms with Crippen molar-refractivity contribution in [2.75, 3.05) is 13.6 Å². The van der Waals surface area contributed by atoms with Crippen molar-refractivity contribution in [2.45, 2.75) is 25.9 Å². The monoisotopic (exact) mass is 169 g/mol. The summed E-state index contributed by atoms with van der Waals surface area (Å²) in [6.45, 7) is 2.46. The zero-order valence-electron chi connectivity index (χ0n) is 6.83. The second-order valence-electron chi connectivity index (χ2n) is 2.82. The van der Waals surface area contributed by atoms with Crippen molar-refractivity contribution >= 4 is 0 Å². The van der Waals surface area contributed by atoms with Gasteiger partial charge in [-0.15, -0.1) is 0 Å². The van der Waals surface area contributed by atoms with Gasteiger partial charge < -0.3 is 5.32 Å². The van der Waals surface area contributed by atoms with Gasteiger partial charge in [-0.2, -0.15) is 13.2 Å². The normalized spacial score (nSPS) is 15.0. The summed E-state index contributed by atoms with van der Waals surface area (Å²) in [4.78, 5) is 0. The van der Waals surface area contributed by atoms with E-state index in [0.29, 0.717) is 6.54 Å². The van der Waals surface area contributed by atoms with Gasteiger partial charge in [0.25, 0.3) is 0 Å². The van der Waals surface area contributed by atoms with Crippen molar-refractivity contribution < 1.29 is 13.2 Å². The van der Waals surface area contributed by atoms with Gasteiger partial charge in [0.05, 0.1) is 0 Å². The lowest BCUT2D eigenvalue weighted by Gasteiger charge is -2.11. The lowest BCUT2D eigenvalue weighted by Crippen LogP contribution is -2.18. The molecule has 1 atom stereocenters. The Balaban J connectivity index is 3.38. The zero-order chi connectivity index (χ0) is 8.91. The van der Waals surface area contributed by atoms with Crippen LogP contribution in [0.5, 0.6) is 0 Å². The topological polar surface area (TPSA) is 12.0 Å². The van der Waals surface area contributed by atoms with E-state index in [9.17, 15) is 13.2 Å². The summed E-state index contributed by atoms with van der Waals surface area (Å²) in [6.07, 6.45) is -4.46. The Morgan fingerprint density at radius 1 is 1.36 bits per heavy atom. The Morgan fingerprint density at radius 2 is 1.91 bits per heavy atom. The van der Waals surface area contributed by atoms with Crippen molar-refractivity contribution in [1.29, 1.82) is 0 Å². The highest BCUT2D eigenvalue weighted by Gasteiger charge is 2.27. The highest BCUT2D eigenvalue weighted by atomic mass is 19.4. The smallest absolute Gasteiger partial charge is 0.319 e. The Morgan fingerprint density at radius 3 is 2.27 bits per heavy atom. The molecule has 0 spiro atoms. The molecule has 0 aliphatic rings. The fraction of sp³-hybridized carbons (Fsp3) is 1.00. The van der Waals surface area contributed by atoms with Gasteiger partial charge in [-0.1, -0.05) is 6.92 Å². The number of hydrogen-bond donors (Lipinski definition) is 1. The van der Waals surface area contributed by atoms with Gasteiger partial charge in [0.2, 0.25) is 0 Å². The standard InChI is InChI=1S/C7H14F3N/c1-6(5-11-2)3-4-7(8,9)10/h6,11H,3-5H2,1-2H3. The summed E-state index contributed by atoms with van der Waals surface area (Å²) in [7, 11) is 1.74. The van der Waals surface area contributed by atoms with E-state index in [-0.39, 0.29) is 12.3 Å². The largest absolute Gasteiger partial charge is 0.389 e. The van der Waals surface area contributed by atoms with Crippen molar-refractivity contribution in [3.63, 3.8) is 0 Å². The van der Waals surface area contributed by atoms with Gasteiger partial charge in [0.1, 0.15) is 0 Å². The van der Waals surface area contributed by atoms with Crippen LogP contribution in [0.1, 0.15) is 19.8 Å². The molecule has 0 amide bonds. The molecule has 0 bridgehead atoms. The highest BCUT2D eigenvalue weighted by Crippen LogP contribution is 2.23. The Kier molecular flexibility index (Phi) is 4.49. The lowest BCUT2D eigenvalue weighted by atomic mass is 10.1. The fourth-order valence-corrected chi connectivity index (χ4v) is 0.861. The molecule has 1 nitrogen and oxygen atoms in total. The third kappa shape index (κ3) is 7.65. The maximum absolute atomic E-state index is 11.6. The van der Waals surface area contributed by atoms with E-state index >= 15 is 0 Å². The molecule has 1 unspecified atom stereocenters. The average molecular weight is 169 g/mol. The average Bonchev–Trinajstić information content (AvgIpc) is 1.83. The van der Waals surface area contributed by atoms with Crippen LogP contribution in [0, 0.1) is 5.92 Å². The predicted octanol–water partition coefficient (Wildman–Crippen LogP) is 2.18. The Hall–Kier alpha value is -0.250. The molecule has 0 aromatic carbocycles. The SMILES string of the molecule is CNCC(C)CCC(F)(F)F. The first-order chi connectivity index (χ1) is 4.95. The van der Waals surface area contributed by atoms with Gasteiger partial charge in [-0.3, -0.25) is 0 Å². The molecule has 11 heavy (non-hydrogen) atoms. The summed E-state index contributed by atoms with van der Waals surface area (Å²) in [6, 6.07) is 0. The lowest BCUT2D eigenvalue weighted by molar-refractivity contribution is -0.137. The highest BCUT2D eigenvalue weighted by molar-refractivity contribution is 4.58. The van der Waals surface area contributed by atoms with Crippen LogP contribution in [0.2, 0.25) is 0 Å². The van der Waals surface area contributed by atoms with Crippen molar-refractivity contribution in [3.05, 3.63) is 0 Å². The van der Waals surface area contributed by atoms with Gasteiger partial charge in [-0.05, 0) is 25.9 Å². The van der Waals surface area contributed by atoms with E-state index in [2.05, 4.69) is 5.32 Å². The second-order valence-corrected chi connectivity index (χ2v) is 2.82. The summed E-state index contributed by atoms with van der Waals surface area (Å²) in [5.41, 5.74) is 0. The summed E-state index contributed by atoms with van der Waals surface area (Å²) >= 11 is 0. The molecule has 0 saturated heterocycles. The maximum atomic E-state index is 11.6. The van der Waals surface area contributed by atoms with Crippen LogP contribution in [0.15, 0.2) is 0 Å². The van der Waals surface area contributed by atoms with Crippen LogP contribution in [0.3, 0.4) is 0 Å². The molecule has 0 aromatic heterocycles. The minimum atomic E-state index is -4.00. The van der Waals surface area contributed by atoms with Gasteiger partial charge in [0.15, 0.2) is 0 Å². The minimum Gasteiger partial charge on any atom is -0.319 e. The molecule has 0 aliphatic carbocycles. The van der Waals surface area contributed by atoms with E-state index in [1.54, 1.807) is 7.05 Å². The van der Waals surface area contributed by atoms with E-state index in [1.807, 2.05) is 6.92 Å². The zero-order valence-corrected chi connectivity index (χ0v) is 6.83. The number of nitrogens with one attached hydrogen (secondary N) is 1. The fourth-order valence-electron chi connectivity index (χ4n) is 0.861. The first kappa shape index (κ1) is 10.8. The Bertz CT molecular complexity index is 100. The molecule has 0 fully saturated rings. The predicted molar refractivity (Wildman–Crippen MR) is 38.4 cm³/mol. The van der Waals surface area contributed by atoms with E-state index in [1.165, 1.54) is 0 Å². The summed E-state index contributed by atoms with van der Waals surface area (Å²) in [5, 5.41) is 2.84. The number of halogens is 3. The molecule has 0 radical (unpaired) electrons. The molecule has 68 valence electrons. The van der Waals surface area contributed by atoms with Crippen LogP contribution >= 0.6 is 0 Å². The van der Waals surface area contributed by atoms with Crippen LogP contribution in [0.4, 0.5) is 13.2 Å². The minimum absolute atomic E-state index is 0.0987. The number of alkyl halides is 3. The number of rotatable bonds is 4. The van der Waals surface area contributed by atoms with Gasteiger partial charge in [0, 0.05) is 6.42 Å². The van der Waals surface area contributed by atoms with E-state index in [0.717, 1.165) is 0 Å². The number of hydrogen-bond acceptors (Lipinski definition) is 1. The van der Waals surface area contributed by atoms with E-state index in [4.69, 9.17) is 0 Å². The third-order valence-corrected chi connectivity index (χ3v) is 1.47.